The summed E-state index contributed by atoms with van der Waals surface area (Å²) < 4.78 is 0. The molecule has 3 nitrogen and oxygen atoms in total. The fraction of sp³-hybridized carbons (Fsp3) is 0.611. The van der Waals surface area contributed by atoms with Crippen LogP contribution in [0.15, 0.2) is 30.3 Å². The lowest BCUT2D eigenvalue weighted by atomic mass is 9.89. The van der Waals surface area contributed by atoms with Gasteiger partial charge in [0.2, 0.25) is 5.91 Å². The van der Waals surface area contributed by atoms with Gasteiger partial charge in [-0.3, -0.25) is 4.79 Å². The third kappa shape index (κ3) is 2.98. The largest absolute Gasteiger partial charge is 0.353 e. The van der Waals surface area contributed by atoms with E-state index in [2.05, 4.69) is 34.9 Å². The Morgan fingerprint density at radius 1 is 1.10 bits per heavy atom. The zero-order chi connectivity index (χ0) is 14.2. The molecule has 2 N–H and O–H groups in total. The maximum Gasteiger partial charge on any atom is 0.220 e. The molecule has 1 aromatic carbocycles. The van der Waals surface area contributed by atoms with Gasteiger partial charge in [-0.15, -0.1) is 0 Å². The van der Waals surface area contributed by atoms with Crippen LogP contribution < -0.4 is 10.6 Å². The normalized spacial score (nSPS) is 37.2. The van der Waals surface area contributed by atoms with E-state index in [9.17, 15) is 4.79 Å². The van der Waals surface area contributed by atoms with Crippen molar-refractivity contribution in [1.82, 2.24) is 10.6 Å². The highest BCUT2D eigenvalue weighted by Gasteiger charge is 2.40. The molecule has 0 spiro atoms. The van der Waals surface area contributed by atoms with E-state index in [1.807, 2.05) is 6.07 Å². The number of hydrogen-bond acceptors (Lipinski definition) is 2. The van der Waals surface area contributed by atoms with Crippen LogP contribution in [-0.4, -0.2) is 24.0 Å². The van der Waals surface area contributed by atoms with Crippen molar-refractivity contribution in [3.8, 4) is 0 Å². The molecule has 2 aliphatic heterocycles. The van der Waals surface area contributed by atoms with Crippen molar-refractivity contribution in [3.63, 3.8) is 0 Å². The second-order valence-electron chi connectivity index (χ2n) is 7.11. The average molecular weight is 284 g/mol. The van der Waals surface area contributed by atoms with Gasteiger partial charge in [-0.05, 0) is 43.6 Å². The summed E-state index contributed by atoms with van der Waals surface area (Å²) in [5.41, 5.74) is 1.36. The molecule has 112 valence electrons. The van der Waals surface area contributed by atoms with Crippen molar-refractivity contribution in [1.29, 1.82) is 0 Å². The monoisotopic (exact) mass is 284 g/mol. The molecule has 3 fully saturated rings. The Hall–Kier alpha value is -1.35. The van der Waals surface area contributed by atoms with Crippen LogP contribution >= 0.6 is 0 Å². The van der Waals surface area contributed by atoms with E-state index < -0.39 is 0 Å². The van der Waals surface area contributed by atoms with Crippen molar-refractivity contribution in [3.05, 3.63) is 35.9 Å². The van der Waals surface area contributed by atoms with E-state index in [4.69, 9.17) is 0 Å². The second-order valence-corrected chi connectivity index (χ2v) is 7.11. The van der Waals surface area contributed by atoms with Gasteiger partial charge in [-0.2, -0.15) is 0 Å². The third-order valence-corrected chi connectivity index (χ3v) is 5.41. The van der Waals surface area contributed by atoms with Crippen molar-refractivity contribution >= 4 is 5.91 Å². The predicted octanol–water partition coefficient (Wildman–Crippen LogP) is 2.58. The van der Waals surface area contributed by atoms with Crippen molar-refractivity contribution in [2.24, 2.45) is 5.92 Å². The first-order valence-electron chi connectivity index (χ1n) is 8.38. The van der Waals surface area contributed by atoms with E-state index in [0.29, 0.717) is 30.0 Å². The number of hydrogen-bond donors (Lipinski definition) is 2. The summed E-state index contributed by atoms with van der Waals surface area (Å²) in [6.07, 6.45) is 6.83. The van der Waals surface area contributed by atoms with E-state index in [0.717, 1.165) is 12.8 Å². The number of carbonyl (C=O) groups excluding carboxylic acids is 1. The fourth-order valence-electron chi connectivity index (χ4n) is 4.29. The summed E-state index contributed by atoms with van der Waals surface area (Å²) in [4.78, 5) is 12.2. The molecule has 4 atom stereocenters. The predicted molar refractivity (Wildman–Crippen MR) is 83.0 cm³/mol. The molecule has 21 heavy (non-hydrogen) atoms. The van der Waals surface area contributed by atoms with Gasteiger partial charge in [-0.25, -0.2) is 0 Å². The smallest absolute Gasteiger partial charge is 0.220 e. The van der Waals surface area contributed by atoms with Gasteiger partial charge in [0, 0.05) is 30.5 Å². The zero-order valence-electron chi connectivity index (χ0n) is 12.4. The number of nitrogens with one attached hydrogen (secondary N) is 2. The molecular formula is C18H24N2O. The standard InChI is InChI=1S/C18H24N2O/c21-18(10-12-8-14-6-7-15(9-12)19-14)20-17-11-16(17)13-4-2-1-3-5-13/h1-5,12,14-17,19H,6-11H2,(H,20,21). The first-order chi connectivity index (χ1) is 10.3. The van der Waals surface area contributed by atoms with Crippen LogP contribution in [0, 0.1) is 5.92 Å². The molecule has 2 heterocycles. The Kier molecular flexibility index (Phi) is 3.46. The number of amides is 1. The Morgan fingerprint density at radius 2 is 1.81 bits per heavy atom. The molecular weight excluding hydrogens is 260 g/mol. The topological polar surface area (TPSA) is 41.1 Å². The van der Waals surface area contributed by atoms with Crippen molar-refractivity contribution in [2.45, 2.75) is 62.6 Å². The number of rotatable bonds is 4. The molecule has 4 rings (SSSR count). The van der Waals surface area contributed by atoms with Crippen LogP contribution in [0.3, 0.4) is 0 Å². The van der Waals surface area contributed by atoms with Crippen LogP contribution in [0.2, 0.25) is 0 Å². The fourth-order valence-corrected chi connectivity index (χ4v) is 4.29. The van der Waals surface area contributed by atoms with E-state index in [1.165, 1.54) is 31.2 Å². The maximum absolute atomic E-state index is 12.2. The Balaban J connectivity index is 1.26. The first-order valence-corrected chi connectivity index (χ1v) is 8.38. The van der Waals surface area contributed by atoms with Crippen LogP contribution in [0.1, 0.15) is 50.0 Å². The van der Waals surface area contributed by atoms with E-state index >= 15 is 0 Å². The van der Waals surface area contributed by atoms with E-state index in [1.54, 1.807) is 0 Å². The lowest BCUT2D eigenvalue weighted by molar-refractivity contribution is -0.122. The molecule has 1 aromatic rings. The van der Waals surface area contributed by atoms with Gasteiger partial charge in [-0.1, -0.05) is 30.3 Å². The molecule has 1 amide bonds. The Bertz CT molecular complexity index is 503. The van der Waals surface area contributed by atoms with E-state index in [-0.39, 0.29) is 5.91 Å². The molecule has 1 saturated carbocycles. The van der Waals surface area contributed by atoms with Crippen LogP contribution in [-0.2, 0) is 4.79 Å². The minimum Gasteiger partial charge on any atom is -0.353 e. The maximum atomic E-state index is 12.2. The summed E-state index contributed by atoms with van der Waals surface area (Å²) in [6.45, 7) is 0. The highest BCUT2D eigenvalue weighted by molar-refractivity contribution is 5.77. The zero-order valence-corrected chi connectivity index (χ0v) is 12.4. The number of piperidine rings is 1. The summed E-state index contributed by atoms with van der Waals surface area (Å²) >= 11 is 0. The number of carbonyl (C=O) groups is 1. The summed E-state index contributed by atoms with van der Waals surface area (Å²) in [6, 6.07) is 12.3. The lowest BCUT2D eigenvalue weighted by Gasteiger charge is -2.28. The van der Waals surface area contributed by atoms with Gasteiger partial charge in [0.15, 0.2) is 0 Å². The average Bonchev–Trinajstić information content (AvgIpc) is 3.16. The molecule has 1 aliphatic carbocycles. The summed E-state index contributed by atoms with van der Waals surface area (Å²) in [7, 11) is 0. The minimum absolute atomic E-state index is 0.268. The van der Waals surface area contributed by atoms with Gasteiger partial charge in [0.1, 0.15) is 0 Å². The van der Waals surface area contributed by atoms with Gasteiger partial charge >= 0.3 is 0 Å². The van der Waals surface area contributed by atoms with Gasteiger partial charge < -0.3 is 10.6 Å². The highest BCUT2D eigenvalue weighted by atomic mass is 16.1. The molecule has 2 bridgehead atoms. The Morgan fingerprint density at radius 3 is 2.52 bits per heavy atom. The van der Waals surface area contributed by atoms with Crippen molar-refractivity contribution < 1.29 is 4.79 Å². The number of benzene rings is 1. The Labute approximate surface area is 126 Å². The summed E-state index contributed by atoms with van der Waals surface area (Å²) in [5, 5.41) is 6.88. The molecule has 0 aromatic heterocycles. The molecule has 3 heteroatoms. The molecule has 0 radical (unpaired) electrons. The van der Waals surface area contributed by atoms with Crippen molar-refractivity contribution in [2.75, 3.05) is 0 Å². The van der Waals surface area contributed by atoms with Crippen LogP contribution in [0.4, 0.5) is 0 Å². The minimum atomic E-state index is 0.268. The quantitative estimate of drug-likeness (QED) is 0.892. The van der Waals surface area contributed by atoms with Gasteiger partial charge in [0.25, 0.3) is 0 Å². The molecule has 4 unspecified atom stereocenters. The first kappa shape index (κ1) is 13.3. The van der Waals surface area contributed by atoms with Crippen LogP contribution in [0.25, 0.3) is 0 Å². The lowest BCUT2D eigenvalue weighted by Crippen LogP contribution is -2.40. The van der Waals surface area contributed by atoms with Gasteiger partial charge in [0.05, 0.1) is 0 Å². The molecule has 3 aliphatic rings. The third-order valence-electron chi connectivity index (χ3n) is 5.41. The van der Waals surface area contributed by atoms with Crippen LogP contribution in [0.5, 0.6) is 0 Å². The molecule has 2 saturated heterocycles. The SMILES string of the molecule is O=C(CC1CC2CCC(C1)N2)NC1CC1c1ccccc1. The highest BCUT2D eigenvalue weighted by Crippen LogP contribution is 2.41. The number of fused-ring (bicyclic) bond motifs is 2. The second kappa shape index (κ2) is 5.45. The summed E-state index contributed by atoms with van der Waals surface area (Å²) in [5.74, 6) is 1.40.